The number of fused-ring (bicyclic) bond motifs is 1. The Balaban J connectivity index is 2.06. The first kappa shape index (κ1) is 15.2. The van der Waals surface area contributed by atoms with E-state index in [0.717, 1.165) is 33.4 Å². The van der Waals surface area contributed by atoms with Crippen LogP contribution in [0.25, 0.3) is 10.9 Å². The van der Waals surface area contributed by atoms with E-state index in [1.165, 1.54) is 6.07 Å². The fourth-order valence-electron chi connectivity index (χ4n) is 2.49. The number of hydrogen-bond acceptors (Lipinski definition) is 4. The van der Waals surface area contributed by atoms with Crippen molar-refractivity contribution in [2.75, 3.05) is 5.32 Å². The average Bonchev–Trinajstić information content (AvgIpc) is 2.53. The van der Waals surface area contributed by atoms with Gasteiger partial charge in [-0.2, -0.15) is 0 Å². The predicted molar refractivity (Wildman–Crippen MR) is 92.6 cm³/mol. The SMILES string of the molecule is Cc1cc([N+](=O)[O-])ccc1Nc1ccnc2c(C)c(Cl)ccc12. The highest BCUT2D eigenvalue weighted by Crippen LogP contribution is 2.31. The lowest BCUT2D eigenvalue weighted by Gasteiger charge is -2.13. The molecule has 0 spiro atoms. The maximum absolute atomic E-state index is 10.8. The van der Waals surface area contributed by atoms with Crippen molar-refractivity contribution < 1.29 is 4.92 Å². The van der Waals surface area contributed by atoms with E-state index < -0.39 is 4.92 Å². The molecule has 3 aromatic rings. The summed E-state index contributed by atoms with van der Waals surface area (Å²) in [6.07, 6.45) is 1.72. The summed E-state index contributed by atoms with van der Waals surface area (Å²) < 4.78 is 0. The molecular formula is C17H14ClN3O2. The summed E-state index contributed by atoms with van der Waals surface area (Å²) in [7, 11) is 0. The Bertz CT molecular complexity index is 925. The summed E-state index contributed by atoms with van der Waals surface area (Å²) in [6, 6.07) is 10.4. The van der Waals surface area contributed by atoms with Crippen LogP contribution in [0.3, 0.4) is 0 Å². The number of nitro groups is 1. The van der Waals surface area contributed by atoms with Crippen LogP contribution < -0.4 is 5.32 Å². The van der Waals surface area contributed by atoms with Crippen molar-refractivity contribution in [3.05, 3.63) is 68.9 Å². The van der Waals surface area contributed by atoms with Gasteiger partial charge >= 0.3 is 0 Å². The molecule has 116 valence electrons. The number of aryl methyl sites for hydroxylation is 2. The van der Waals surface area contributed by atoms with E-state index in [1.54, 1.807) is 18.3 Å². The van der Waals surface area contributed by atoms with Crippen LogP contribution in [0.4, 0.5) is 17.1 Å². The Morgan fingerprint density at radius 3 is 2.61 bits per heavy atom. The lowest BCUT2D eigenvalue weighted by atomic mass is 10.1. The van der Waals surface area contributed by atoms with Gasteiger partial charge in [0.1, 0.15) is 0 Å². The molecule has 0 atom stereocenters. The van der Waals surface area contributed by atoms with E-state index in [9.17, 15) is 10.1 Å². The molecule has 0 aliphatic heterocycles. The van der Waals surface area contributed by atoms with Crippen LogP contribution in [0.2, 0.25) is 5.02 Å². The Labute approximate surface area is 138 Å². The van der Waals surface area contributed by atoms with Gasteiger partial charge in [-0.1, -0.05) is 11.6 Å². The van der Waals surface area contributed by atoms with Gasteiger partial charge < -0.3 is 5.32 Å². The summed E-state index contributed by atoms with van der Waals surface area (Å²) in [6.45, 7) is 3.76. The van der Waals surface area contributed by atoms with Crippen molar-refractivity contribution in [2.24, 2.45) is 0 Å². The Hall–Kier alpha value is -2.66. The third kappa shape index (κ3) is 2.83. The first-order chi connectivity index (χ1) is 11.0. The number of nitrogens with zero attached hydrogens (tertiary/aromatic N) is 2. The van der Waals surface area contributed by atoms with Gasteiger partial charge in [0.25, 0.3) is 5.69 Å². The molecule has 0 radical (unpaired) electrons. The number of pyridine rings is 1. The highest BCUT2D eigenvalue weighted by atomic mass is 35.5. The molecule has 0 aliphatic carbocycles. The zero-order valence-corrected chi connectivity index (χ0v) is 13.4. The molecule has 0 saturated carbocycles. The third-order valence-electron chi connectivity index (χ3n) is 3.79. The second-order valence-electron chi connectivity index (χ2n) is 5.31. The molecule has 2 aromatic carbocycles. The van der Waals surface area contributed by atoms with E-state index in [-0.39, 0.29) is 5.69 Å². The molecule has 6 heteroatoms. The Morgan fingerprint density at radius 2 is 1.91 bits per heavy atom. The van der Waals surface area contributed by atoms with Crippen molar-refractivity contribution in [2.45, 2.75) is 13.8 Å². The van der Waals surface area contributed by atoms with Crippen LogP contribution in [0, 0.1) is 24.0 Å². The fourth-order valence-corrected chi connectivity index (χ4v) is 2.64. The zero-order chi connectivity index (χ0) is 16.6. The highest BCUT2D eigenvalue weighted by Gasteiger charge is 2.11. The topological polar surface area (TPSA) is 68.1 Å². The molecule has 0 unspecified atom stereocenters. The van der Waals surface area contributed by atoms with Gasteiger partial charge in [0.2, 0.25) is 0 Å². The van der Waals surface area contributed by atoms with Crippen LogP contribution in [0.1, 0.15) is 11.1 Å². The molecule has 0 aliphatic rings. The molecule has 23 heavy (non-hydrogen) atoms. The minimum Gasteiger partial charge on any atom is -0.355 e. The number of hydrogen-bond donors (Lipinski definition) is 1. The van der Waals surface area contributed by atoms with Gasteiger partial charge in [0.05, 0.1) is 10.4 Å². The van der Waals surface area contributed by atoms with Gasteiger partial charge in [0, 0.05) is 40.1 Å². The minimum absolute atomic E-state index is 0.0789. The maximum atomic E-state index is 10.8. The van der Waals surface area contributed by atoms with E-state index in [2.05, 4.69) is 10.3 Å². The molecule has 0 amide bonds. The normalized spacial score (nSPS) is 10.7. The number of benzene rings is 2. The fraction of sp³-hybridized carbons (Fsp3) is 0.118. The quantitative estimate of drug-likeness (QED) is 0.533. The van der Waals surface area contributed by atoms with Gasteiger partial charge in [-0.05, 0) is 49.2 Å². The number of nitro benzene ring substituents is 1. The number of anilines is 2. The van der Waals surface area contributed by atoms with Crippen LogP contribution in [0.5, 0.6) is 0 Å². The largest absolute Gasteiger partial charge is 0.355 e. The average molecular weight is 328 g/mol. The third-order valence-corrected chi connectivity index (χ3v) is 4.20. The monoisotopic (exact) mass is 327 g/mol. The summed E-state index contributed by atoms with van der Waals surface area (Å²) in [5, 5.41) is 15.8. The van der Waals surface area contributed by atoms with Crippen molar-refractivity contribution in [3.8, 4) is 0 Å². The van der Waals surface area contributed by atoms with Gasteiger partial charge in [-0.25, -0.2) is 0 Å². The molecule has 1 heterocycles. The van der Waals surface area contributed by atoms with E-state index in [4.69, 9.17) is 11.6 Å². The van der Waals surface area contributed by atoms with Crippen molar-refractivity contribution in [1.82, 2.24) is 4.98 Å². The van der Waals surface area contributed by atoms with Crippen LogP contribution in [-0.4, -0.2) is 9.91 Å². The summed E-state index contributed by atoms with van der Waals surface area (Å²) in [5.74, 6) is 0. The summed E-state index contributed by atoms with van der Waals surface area (Å²) >= 11 is 6.15. The number of non-ortho nitro benzene ring substituents is 1. The number of rotatable bonds is 3. The Morgan fingerprint density at radius 1 is 1.13 bits per heavy atom. The minimum atomic E-state index is -0.399. The Kier molecular flexibility index (Phi) is 3.88. The smallest absolute Gasteiger partial charge is 0.269 e. The standard InChI is InChI=1S/C17H14ClN3O2/c1-10-9-12(21(22)23)3-6-15(10)20-16-7-8-19-17-11(2)14(18)5-4-13(16)17/h3-9H,1-2H3,(H,19,20). The molecule has 1 aromatic heterocycles. The van der Waals surface area contributed by atoms with Gasteiger partial charge in [-0.3, -0.25) is 15.1 Å². The maximum Gasteiger partial charge on any atom is 0.269 e. The summed E-state index contributed by atoms with van der Waals surface area (Å²) in [5.41, 5.74) is 4.34. The number of nitrogens with one attached hydrogen (secondary N) is 1. The molecule has 3 rings (SSSR count). The molecule has 1 N–H and O–H groups in total. The van der Waals surface area contributed by atoms with Crippen molar-refractivity contribution >= 4 is 39.6 Å². The number of halogens is 1. The first-order valence-electron chi connectivity index (χ1n) is 7.03. The second kappa shape index (κ2) is 5.85. The molecular weight excluding hydrogens is 314 g/mol. The molecule has 0 bridgehead atoms. The van der Waals surface area contributed by atoms with Crippen molar-refractivity contribution in [1.29, 1.82) is 0 Å². The number of aromatic nitrogens is 1. The van der Waals surface area contributed by atoms with Crippen LogP contribution in [-0.2, 0) is 0 Å². The molecule has 5 nitrogen and oxygen atoms in total. The van der Waals surface area contributed by atoms with Gasteiger partial charge in [-0.15, -0.1) is 0 Å². The lowest BCUT2D eigenvalue weighted by molar-refractivity contribution is -0.384. The molecule has 0 fully saturated rings. The summed E-state index contributed by atoms with van der Waals surface area (Å²) in [4.78, 5) is 14.8. The predicted octanol–water partition coefficient (Wildman–Crippen LogP) is 5.16. The van der Waals surface area contributed by atoms with Crippen LogP contribution in [0.15, 0.2) is 42.6 Å². The van der Waals surface area contributed by atoms with E-state index in [1.807, 2.05) is 32.0 Å². The van der Waals surface area contributed by atoms with Crippen LogP contribution >= 0.6 is 11.6 Å². The van der Waals surface area contributed by atoms with E-state index >= 15 is 0 Å². The molecule has 0 saturated heterocycles. The first-order valence-corrected chi connectivity index (χ1v) is 7.41. The van der Waals surface area contributed by atoms with Gasteiger partial charge in [0.15, 0.2) is 0 Å². The van der Waals surface area contributed by atoms with E-state index in [0.29, 0.717) is 5.02 Å². The second-order valence-corrected chi connectivity index (χ2v) is 5.72. The van der Waals surface area contributed by atoms with Crippen molar-refractivity contribution in [3.63, 3.8) is 0 Å². The highest BCUT2D eigenvalue weighted by molar-refractivity contribution is 6.32. The lowest BCUT2D eigenvalue weighted by Crippen LogP contribution is -1.97. The zero-order valence-electron chi connectivity index (χ0n) is 12.6.